The number of carbonyl (C=O) groups excluding carboxylic acids is 1. The first-order chi connectivity index (χ1) is 15.6. The van der Waals surface area contributed by atoms with Crippen molar-refractivity contribution in [1.29, 1.82) is 0 Å². The number of carbonyl (C=O) groups is 1. The third kappa shape index (κ3) is 5.01. The molecule has 1 aliphatic heterocycles. The molecule has 172 valence electrons. The Bertz CT molecular complexity index is 1300. The Balaban J connectivity index is 1.67. The molecule has 1 aromatic heterocycles. The number of rotatable bonds is 6. The molecule has 0 aliphatic carbocycles. The molecule has 2 aromatic carbocycles. The Morgan fingerprint density at radius 1 is 1.18 bits per heavy atom. The quantitative estimate of drug-likeness (QED) is 0.553. The zero-order valence-electron chi connectivity index (χ0n) is 19.0. The van der Waals surface area contributed by atoms with Gasteiger partial charge in [-0.1, -0.05) is 13.0 Å². The number of aryl methyl sites for hydroxylation is 1. The number of hydrogen-bond donors (Lipinski definition) is 1. The highest BCUT2D eigenvalue weighted by Gasteiger charge is 2.36. The number of aromatic nitrogens is 1. The monoisotopic (exact) mass is 466 g/mol. The zero-order chi connectivity index (χ0) is 23.8. The lowest BCUT2D eigenvalue weighted by Crippen LogP contribution is -2.28. The maximum Gasteiger partial charge on any atom is 0.257 e. The van der Waals surface area contributed by atoms with Gasteiger partial charge < -0.3 is 14.8 Å². The van der Waals surface area contributed by atoms with Gasteiger partial charge in [-0.3, -0.25) is 4.79 Å². The van der Waals surface area contributed by atoms with E-state index in [4.69, 9.17) is 9.47 Å². The molecule has 0 bridgehead atoms. The van der Waals surface area contributed by atoms with Crippen molar-refractivity contribution < 1.29 is 22.7 Å². The van der Waals surface area contributed by atoms with Crippen molar-refractivity contribution in [3.8, 4) is 17.2 Å². The molecule has 0 saturated heterocycles. The molecule has 2 heterocycles. The van der Waals surface area contributed by atoms with Crippen LogP contribution < -0.4 is 14.8 Å². The van der Waals surface area contributed by atoms with Gasteiger partial charge in [0.25, 0.3) is 5.91 Å². The minimum atomic E-state index is -3.31. The minimum Gasteiger partial charge on any atom is -0.487 e. The van der Waals surface area contributed by atoms with Crippen LogP contribution >= 0.6 is 0 Å². The molecule has 1 N–H and O–H groups in total. The second-order valence-electron chi connectivity index (χ2n) is 8.55. The van der Waals surface area contributed by atoms with Crippen LogP contribution in [0.3, 0.4) is 0 Å². The first-order valence-corrected chi connectivity index (χ1v) is 12.5. The molecule has 7 nitrogen and oxygen atoms in total. The first kappa shape index (κ1) is 22.8. The van der Waals surface area contributed by atoms with E-state index in [1.807, 2.05) is 26.8 Å². The van der Waals surface area contributed by atoms with Gasteiger partial charge in [-0.25, -0.2) is 13.4 Å². The van der Waals surface area contributed by atoms with Crippen LogP contribution in [0, 0.1) is 6.92 Å². The van der Waals surface area contributed by atoms with Crippen LogP contribution in [0.15, 0.2) is 59.6 Å². The summed E-state index contributed by atoms with van der Waals surface area (Å²) in [6.07, 6.45) is 4.27. The average molecular weight is 467 g/mol. The highest BCUT2D eigenvalue weighted by Crippen LogP contribution is 2.44. The molecule has 1 aliphatic rings. The van der Waals surface area contributed by atoms with E-state index < -0.39 is 15.4 Å². The van der Waals surface area contributed by atoms with Crippen molar-refractivity contribution in [2.45, 2.75) is 44.1 Å². The number of ether oxygens (including phenoxy) is 2. The Morgan fingerprint density at radius 2 is 1.91 bits per heavy atom. The lowest BCUT2D eigenvalue weighted by Gasteiger charge is -2.21. The number of fused-ring (bicyclic) bond motifs is 1. The van der Waals surface area contributed by atoms with Gasteiger partial charge in [0.2, 0.25) is 0 Å². The fraction of sp³-hybridized carbons (Fsp3) is 0.280. The SMILES string of the molecule is CCC1(C)Cc2c(Oc3ccc(S(C)(=O)=O)cc3)cc(C(=O)Nc3ccc(C)cn3)cc2O1. The van der Waals surface area contributed by atoms with Crippen LogP contribution in [0.4, 0.5) is 5.82 Å². The molecule has 1 amide bonds. The maximum atomic E-state index is 13.0. The summed E-state index contributed by atoms with van der Waals surface area (Å²) >= 11 is 0. The summed E-state index contributed by atoms with van der Waals surface area (Å²) in [4.78, 5) is 17.4. The molecule has 33 heavy (non-hydrogen) atoms. The Labute approximate surface area is 193 Å². The zero-order valence-corrected chi connectivity index (χ0v) is 19.8. The largest absolute Gasteiger partial charge is 0.487 e. The third-order valence-electron chi connectivity index (χ3n) is 5.72. The van der Waals surface area contributed by atoms with Crippen LogP contribution in [0.5, 0.6) is 17.2 Å². The number of nitrogens with zero attached hydrogens (tertiary/aromatic N) is 1. The maximum absolute atomic E-state index is 13.0. The molecular weight excluding hydrogens is 440 g/mol. The van der Waals surface area contributed by atoms with Gasteiger partial charge in [-0.15, -0.1) is 0 Å². The molecule has 8 heteroatoms. The number of sulfone groups is 1. The van der Waals surface area contributed by atoms with Crippen molar-refractivity contribution in [3.63, 3.8) is 0 Å². The predicted molar refractivity (Wildman–Crippen MR) is 126 cm³/mol. The summed E-state index contributed by atoms with van der Waals surface area (Å²) < 4.78 is 35.8. The number of benzene rings is 2. The van der Waals surface area contributed by atoms with Crippen LogP contribution in [0.2, 0.25) is 0 Å². The predicted octanol–water partition coefficient (Wildman–Crippen LogP) is 4.94. The summed E-state index contributed by atoms with van der Waals surface area (Å²) in [5.41, 5.74) is 1.85. The van der Waals surface area contributed by atoms with E-state index in [2.05, 4.69) is 10.3 Å². The smallest absolute Gasteiger partial charge is 0.257 e. The fourth-order valence-electron chi connectivity index (χ4n) is 3.59. The van der Waals surface area contributed by atoms with Crippen molar-refractivity contribution in [2.24, 2.45) is 0 Å². The number of nitrogens with one attached hydrogen (secondary N) is 1. The van der Waals surface area contributed by atoms with Crippen LogP contribution in [-0.2, 0) is 16.3 Å². The van der Waals surface area contributed by atoms with E-state index in [9.17, 15) is 13.2 Å². The molecular formula is C25H26N2O5S. The molecule has 0 spiro atoms. The summed E-state index contributed by atoms with van der Waals surface area (Å²) in [6.45, 7) is 5.99. The van der Waals surface area contributed by atoms with E-state index in [0.29, 0.717) is 35.1 Å². The van der Waals surface area contributed by atoms with E-state index in [1.54, 1.807) is 36.5 Å². The molecule has 0 fully saturated rings. The first-order valence-electron chi connectivity index (χ1n) is 10.6. The van der Waals surface area contributed by atoms with Gasteiger partial charge in [-0.05, 0) is 68.3 Å². The van der Waals surface area contributed by atoms with Gasteiger partial charge >= 0.3 is 0 Å². The van der Waals surface area contributed by atoms with Gasteiger partial charge in [-0.2, -0.15) is 0 Å². The van der Waals surface area contributed by atoms with E-state index in [0.717, 1.165) is 23.8 Å². The molecule has 0 radical (unpaired) electrons. The average Bonchev–Trinajstić information content (AvgIpc) is 3.12. The van der Waals surface area contributed by atoms with Gasteiger partial charge in [0.05, 0.1) is 4.90 Å². The second kappa shape index (κ2) is 8.51. The highest BCUT2D eigenvalue weighted by molar-refractivity contribution is 7.90. The van der Waals surface area contributed by atoms with Crippen LogP contribution in [0.25, 0.3) is 0 Å². The number of pyridine rings is 1. The summed E-state index contributed by atoms with van der Waals surface area (Å²) in [6, 6.07) is 13.2. The molecule has 3 aromatic rings. The summed E-state index contributed by atoms with van der Waals surface area (Å²) in [5, 5.41) is 2.80. The van der Waals surface area contributed by atoms with Crippen LogP contribution in [0.1, 0.15) is 41.8 Å². The van der Waals surface area contributed by atoms with E-state index in [1.165, 1.54) is 12.1 Å². The fourth-order valence-corrected chi connectivity index (χ4v) is 4.22. The lowest BCUT2D eigenvalue weighted by molar-refractivity contribution is 0.101. The van der Waals surface area contributed by atoms with Gasteiger partial charge in [0, 0.05) is 30.0 Å². The number of hydrogen-bond acceptors (Lipinski definition) is 6. The lowest BCUT2D eigenvalue weighted by atomic mass is 9.95. The number of amides is 1. The highest BCUT2D eigenvalue weighted by atomic mass is 32.2. The van der Waals surface area contributed by atoms with Gasteiger partial charge in [0.1, 0.15) is 28.7 Å². The van der Waals surface area contributed by atoms with Crippen molar-refractivity contribution in [2.75, 3.05) is 11.6 Å². The van der Waals surface area contributed by atoms with Crippen molar-refractivity contribution in [3.05, 3.63) is 71.4 Å². The summed E-state index contributed by atoms with van der Waals surface area (Å²) in [7, 11) is -3.31. The normalized spacial score (nSPS) is 17.2. The Morgan fingerprint density at radius 3 is 2.52 bits per heavy atom. The molecule has 0 saturated carbocycles. The molecule has 1 atom stereocenters. The van der Waals surface area contributed by atoms with E-state index >= 15 is 0 Å². The Hall–Kier alpha value is -3.39. The standard InChI is InChI=1S/C25H26N2O5S/c1-5-25(3)14-20-21(31-18-7-9-19(10-8-18)33(4,29)30)12-17(13-22(20)32-25)24(28)27-23-11-6-16(2)15-26-23/h6-13,15H,5,14H2,1-4H3,(H,26,27,28). The topological polar surface area (TPSA) is 94.6 Å². The second-order valence-corrected chi connectivity index (χ2v) is 10.6. The van der Waals surface area contributed by atoms with Gasteiger partial charge in [0.15, 0.2) is 9.84 Å². The molecule has 1 unspecified atom stereocenters. The van der Waals surface area contributed by atoms with Crippen molar-refractivity contribution >= 4 is 21.6 Å². The van der Waals surface area contributed by atoms with Crippen LogP contribution in [-0.4, -0.2) is 31.2 Å². The summed E-state index contributed by atoms with van der Waals surface area (Å²) in [5.74, 6) is 1.68. The molecule has 4 rings (SSSR count). The van der Waals surface area contributed by atoms with E-state index in [-0.39, 0.29) is 10.8 Å². The number of anilines is 1. The Kier molecular flexibility index (Phi) is 5.88. The third-order valence-corrected chi connectivity index (χ3v) is 6.85. The van der Waals surface area contributed by atoms with Crippen molar-refractivity contribution in [1.82, 2.24) is 4.98 Å². The minimum absolute atomic E-state index is 0.209.